The predicted octanol–water partition coefficient (Wildman–Crippen LogP) is 3.22. The highest BCUT2D eigenvalue weighted by Gasteiger charge is 2.19. The minimum atomic E-state index is -0.387. The number of esters is 1. The average Bonchev–Trinajstić information content (AvgIpc) is 2.55. The molecule has 0 saturated carbocycles. The molecule has 4 nitrogen and oxygen atoms in total. The molecule has 0 bridgehead atoms. The molecule has 108 valence electrons. The van der Waals surface area contributed by atoms with Gasteiger partial charge in [-0.1, -0.05) is 30.3 Å². The van der Waals surface area contributed by atoms with Crippen LogP contribution in [0.15, 0.2) is 48.5 Å². The van der Waals surface area contributed by atoms with E-state index in [0.29, 0.717) is 23.3 Å². The zero-order valence-electron chi connectivity index (χ0n) is 11.9. The largest absolute Gasteiger partial charge is 0.493 e. The summed E-state index contributed by atoms with van der Waals surface area (Å²) in [6.45, 7) is 1.78. The van der Waals surface area contributed by atoms with Crippen molar-refractivity contribution in [2.24, 2.45) is 0 Å². The topological polar surface area (TPSA) is 52.6 Å². The molecule has 0 fully saturated rings. The normalized spacial score (nSPS) is 11.5. The second-order valence-corrected chi connectivity index (χ2v) is 4.58. The van der Waals surface area contributed by atoms with E-state index in [1.54, 1.807) is 19.1 Å². The Labute approximate surface area is 123 Å². The summed E-state index contributed by atoms with van der Waals surface area (Å²) in [7, 11) is 1.46. The number of aldehydes is 1. The van der Waals surface area contributed by atoms with Crippen LogP contribution >= 0.6 is 0 Å². The van der Waals surface area contributed by atoms with Crippen LogP contribution in [-0.2, 0) is 4.79 Å². The molecule has 0 heterocycles. The number of hydrogen-bond acceptors (Lipinski definition) is 4. The Balaban J connectivity index is 2.18. The van der Waals surface area contributed by atoms with Crippen molar-refractivity contribution in [1.29, 1.82) is 0 Å². The maximum atomic E-state index is 12.2. The molecule has 0 amide bonds. The van der Waals surface area contributed by atoms with Crippen LogP contribution in [0.2, 0.25) is 0 Å². The van der Waals surface area contributed by atoms with Gasteiger partial charge in [-0.3, -0.25) is 9.59 Å². The van der Waals surface area contributed by atoms with Crippen LogP contribution < -0.4 is 9.47 Å². The lowest BCUT2D eigenvalue weighted by atomic mass is 10.0. The Morgan fingerprint density at radius 1 is 1.10 bits per heavy atom. The van der Waals surface area contributed by atoms with Gasteiger partial charge in [0, 0.05) is 5.56 Å². The molecule has 1 atom stereocenters. The summed E-state index contributed by atoms with van der Waals surface area (Å²) in [5.74, 6) is -0.107. The molecule has 2 aromatic rings. The lowest BCUT2D eigenvalue weighted by Gasteiger charge is -2.13. The molecular weight excluding hydrogens is 268 g/mol. The van der Waals surface area contributed by atoms with Crippen LogP contribution in [-0.4, -0.2) is 19.4 Å². The number of ether oxygens (including phenoxy) is 2. The first-order valence-corrected chi connectivity index (χ1v) is 6.55. The zero-order valence-corrected chi connectivity index (χ0v) is 11.9. The summed E-state index contributed by atoms with van der Waals surface area (Å²) in [4.78, 5) is 22.9. The lowest BCUT2D eigenvalue weighted by molar-refractivity contribution is -0.135. The van der Waals surface area contributed by atoms with Crippen molar-refractivity contribution >= 4 is 12.3 Å². The van der Waals surface area contributed by atoms with Crippen molar-refractivity contribution in [1.82, 2.24) is 0 Å². The second kappa shape index (κ2) is 6.70. The van der Waals surface area contributed by atoms with E-state index >= 15 is 0 Å². The Morgan fingerprint density at radius 3 is 2.43 bits per heavy atom. The summed E-state index contributed by atoms with van der Waals surface area (Å²) in [5.41, 5.74) is 1.34. The van der Waals surface area contributed by atoms with Crippen molar-refractivity contribution in [2.75, 3.05) is 7.11 Å². The minimum Gasteiger partial charge on any atom is -0.493 e. The zero-order chi connectivity index (χ0) is 15.2. The standard InChI is InChI=1S/C17H16O4/c1-12(14-6-4-3-5-7-14)17(19)21-15-9-8-13(11-18)10-16(15)20-2/h3-12H,1-2H3/t12-/m1/s1. The van der Waals surface area contributed by atoms with Gasteiger partial charge in [0.15, 0.2) is 11.5 Å². The molecule has 21 heavy (non-hydrogen) atoms. The highest BCUT2D eigenvalue weighted by Crippen LogP contribution is 2.29. The van der Waals surface area contributed by atoms with Gasteiger partial charge in [-0.15, -0.1) is 0 Å². The van der Waals surface area contributed by atoms with Gasteiger partial charge in [-0.05, 0) is 30.7 Å². The summed E-state index contributed by atoms with van der Waals surface area (Å²) in [6.07, 6.45) is 0.709. The summed E-state index contributed by atoms with van der Waals surface area (Å²) in [6, 6.07) is 14.0. The van der Waals surface area contributed by atoms with Crippen LogP contribution in [0.3, 0.4) is 0 Å². The van der Waals surface area contributed by atoms with Gasteiger partial charge in [0.2, 0.25) is 0 Å². The van der Waals surface area contributed by atoms with Crippen molar-refractivity contribution < 1.29 is 19.1 Å². The van der Waals surface area contributed by atoms with Crippen LogP contribution in [0.5, 0.6) is 11.5 Å². The molecule has 0 unspecified atom stereocenters. The van der Waals surface area contributed by atoms with Gasteiger partial charge in [0.05, 0.1) is 13.0 Å². The quantitative estimate of drug-likeness (QED) is 0.480. The van der Waals surface area contributed by atoms with Gasteiger partial charge in [0.1, 0.15) is 6.29 Å². The lowest BCUT2D eigenvalue weighted by Crippen LogP contribution is -2.16. The maximum Gasteiger partial charge on any atom is 0.318 e. The number of benzene rings is 2. The van der Waals surface area contributed by atoms with E-state index in [1.165, 1.54) is 13.2 Å². The molecule has 0 aromatic heterocycles. The summed E-state index contributed by atoms with van der Waals surface area (Å²) < 4.78 is 10.5. The molecule has 0 radical (unpaired) electrons. The van der Waals surface area contributed by atoms with E-state index in [-0.39, 0.29) is 11.9 Å². The molecular formula is C17H16O4. The highest BCUT2D eigenvalue weighted by atomic mass is 16.6. The molecule has 0 saturated heterocycles. The van der Waals surface area contributed by atoms with Gasteiger partial charge < -0.3 is 9.47 Å². The van der Waals surface area contributed by atoms with E-state index < -0.39 is 0 Å². The fraction of sp³-hybridized carbons (Fsp3) is 0.176. The third-order valence-electron chi connectivity index (χ3n) is 3.19. The van der Waals surface area contributed by atoms with E-state index in [1.807, 2.05) is 30.3 Å². The Hall–Kier alpha value is -2.62. The molecule has 0 N–H and O–H groups in total. The Kier molecular flexibility index (Phi) is 4.72. The van der Waals surface area contributed by atoms with Gasteiger partial charge in [-0.2, -0.15) is 0 Å². The molecule has 2 aromatic carbocycles. The summed E-state index contributed by atoms with van der Waals surface area (Å²) in [5, 5.41) is 0. The van der Waals surface area contributed by atoms with Crippen molar-refractivity contribution in [3.63, 3.8) is 0 Å². The molecule has 0 aliphatic carbocycles. The number of carbonyl (C=O) groups is 2. The first-order valence-electron chi connectivity index (χ1n) is 6.55. The van der Waals surface area contributed by atoms with E-state index in [9.17, 15) is 9.59 Å². The summed E-state index contributed by atoms with van der Waals surface area (Å²) >= 11 is 0. The second-order valence-electron chi connectivity index (χ2n) is 4.58. The molecule has 0 aliphatic heterocycles. The van der Waals surface area contributed by atoms with Crippen LogP contribution in [0.4, 0.5) is 0 Å². The van der Waals surface area contributed by atoms with Gasteiger partial charge >= 0.3 is 5.97 Å². The van der Waals surface area contributed by atoms with E-state index in [0.717, 1.165) is 5.56 Å². The molecule has 0 spiro atoms. The van der Waals surface area contributed by atoms with E-state index in [2.05, 4.69) is 0 Å². The third kappa shape index (κ3) is 3.48. The van der Waals surface area contributed by atoms with Crippen molar-refractivity contribution in [3.8, 4) is 11.5 Å². The number of carbonyl (C=O) groups excluding carboxylic acids is 2. The molecule has 0 aliphatic rings. The Bertz CT molecular complexity index is 634. The maximum absolute atomic E-state index is 12.2. The fourth-order valence-electron chi connectivity index (χ4n) is 1.92. The fourth-order valence-corrected chi connectivity index (χ4v) is 1.92. The van der Waals surface area contributed by atoms with Crippen LogP contribution in [0.25, 0.3) is 0 Å². The SMILES string of the molecule is COc1cc(C=O)ccc1OC(=O)[C@H](C)c1ccccc1. The first-order chi connectivity index (χ1) is 10.2. The van der Waals surface area contributed by atoms with Crippen LogP contribution in [0, 0.1) is 0 Å². The van der Waals surface area contributed by atoms with Gasteiger partial charge in [-0.25, -0.2) is 0 Å². The predicted molar refractivity (Wildman–Crippen MR) is 78.9 cm³/mol. The third-order valence-corrected chi connectivity index (χ3v) is 3.19. The molecule has 2 rings (SSSR count). The van der Waals surface area contributed by atoms with Crippen molar-refractivity contribution in [3.05, 3.63) is 59.7 Å². The first kappa shape index (κ1) is 14.8. The number of methoxy groups -OCH3 is 1. The number of hydrogen-bond donors (Lipinski definition) is 0. The van der Waals surface area contributed by atoms with Gasteiger partial charge in [0.25, 0.3) is 0 Å². The molecule has 4 heteroatoms. The number of rotatable bonds is 5. The minimum absolute atomic E-state index is 0.302. The van der Waals surface area contributed by atoms with Crippen molar-refractivity contribution in [2.45, 2.75) is 12.8 Å². The monoisotopic (exact) mass is 284 g/mol. The average molecular weight is 284 g/mol. The van der Waals surface area contributed by atoms with E-state index in [4.69, 9.17) is 9.47 Å². The smallest absolute Gasteiger partial charge is 0.318 e. The highest BCUT2D eigenvalue weighted by molar-refractivity contribution is 5.81. The Morgan fingerprint density at radius 2 is 1.81 bits per heavy atom. The van der Waals surface area contributed by atoms with Crippen LogP contribution in [0.1, 0.15) is 28.8 Å².